The zero-order chi connectivity index (χ0) is 20.9. The molecule has 9 nitrogen and oxygen atoms in total. The Kier molecular flexibility index (Phi) is 7.08. The van der Waals surface area contributed by atoms with Gasteiger partial charge in [0.1, 0.15) is 12.4 Å². The van der Waals surface area contributed by atoms with Gasteiger partial charge in [-0.15, -0.1) is 0 Å². The van der Waals surface area contributed by atoms with E-state index < -0.39 is 46.8 Å². The summed E-state index contributed by atoms with van der Waals surface area (Å²) in [5.41, 5.74) is 5.23. The maximum Gasteiger partial charge on any atom is 0.321 e. The van der Waals surface area contributed by atoms with Crippen molar-refractivity contribution in [1.82, 2.24) is 9.21 Å². The third-order valence-electron chi connectivity index (χ3n) is 4.48. The second kappa shape index (κ2) is 9.11. The van der Waals surface area contributed by atoms with Gasteiger partial charge in [0, 0.05) is 26.1 Å². The molecule has 154 valence electrons. The van der Waals surface area contributed by atoms with Crippen LogP contribution in [-0.2, 0) is 29.1 Å². The summed E-state index contributed by atoms with van der Waals surface area (Å²) < 4.78 is 43.2. The Morgan fingerprint density at radius 1 is 1.21 bits per heavy atom. The van der Waals surface area contributed by atoms with Crippen LogP contribution < -0.4 is 5.73 Å². The molecule has 0 bridgehead atoms. The minimum absolute atomic E-state index is 0.169. The number of primary amides is 1. The summed E-state index contributed by atoms with van der Waals surface area (Å²) in [6.45, 7) is -0.451. The minimum Gasteiger partial charge on any atom is -0.455 e. The summed E-state index contributed by atoms with van der Waals surface area (Å²) in [7, 11) is -2.82. The third-order valence-corrected chi connectivity index (χ3v) is 6.30. The van der Waals surface area contributed by atoms with Gasteiger partial charge in [0.2, 0.25) is 15.9 Å². The lowest BCUT2D eigenvalue weighted by molar-refractivity contribution is -0.152. The lowest BCUT2D eigenvalue weighted by Gasteiger charge is -2.30. The lowest BCUT2D eigenvalue weighted by Crippen LogP contribution is -2.43. The number of esters is 1. The predicted molar refractivity (Wildman–Crippen MR) is 95.7 cm³/mol. The summed E-state index contributed by atoms with van der Waals surface area (Å²) in [6, 6.07) is 4.18. The summed E-state index contributed by atoms with van der Waals surface area (Å²) in [5.74, 6) is -2.57. The molecular formula is C17H22FN3O6S. The maximum atomic E-state index is 12.9. The number of carbonyl (C=O) groups is 3. The first-order chi connectivity index (χ1) is 13.1. The summed E-state index contributed by atoms with van der Waals surface area (Å²) in [4.78, 5) is 36.4. The first-order valence-electron chi connectivity index (χ1n) is 8.56. The van der Waals surface area contributed by atoms with Gasteiger partial charge in [-0.2, -0.15) is 4.31 Å². The van der Waals surface area contributed by atoms with Crippen LogP contribution in [0.4, 0.5) is 4.39 Å². The lowest BCUT2D eigenvalue weighted by atomic mass is 9.96. The number of piperidine rings is 1. The highest BCUT2D eigenvalue weighted by atomic mass is 32.2. The van der Waals surface area contributed by atoms with Crippen molar-refractivity contribution in [2.24, 2.45) is 11.7 Å². The van der Waals surface area contributed by atoms with Crippen LogP contribution in [0.2, 0.25) is 0 Å². The highest BCUT2D eigenvalue weighted by molar-refractivity contribution is 7.89. The van der Waals surface area contributed by atoms with Gasteiger partial charge >= 0.3 is 5.97 Å². The van der Waals surface area contributed by atoms with Crippen LogP contribution in [0.15, 0.2) is 29.2 Å². The number of benzene rings is 1. The first kappa shape index (κ1) is 21.8. The van der Waals surface area contributed by atoms with E-state index in [0.717, 1.165) is 28.6 Å². The van der Waals surface area contributed by atoms with Crippen molar-refractivity contribution < 1.29 is 31.9 Å². The Hall–Kier alpha value is -2.53. The van der Waals surface area contributed by atoms with Crippen LogP contribution in [0.25, 0.3) is 0 Å². The topological polar surface area (TPSA) is 127 Å². The molecule has 2 amide bonds. The number of likely N-dealkylation sites (N-methyl/N-ethyl adjacent to an activating group) is 1. The summed E-state index contributed by atoms with van der Waals surface area (Å²) >= 11 is 0. The molecule has 1 fully saturated rings. The van der Waals surface area contributed by atoms with E-state index in [1.165, 1.54) is 11.9 Å². The number of nitrogens with two attached hydrogens (primary N) is 1. The smallest absolute Gasteiger partial charge is 0.321 e. The Morgan fingerprint density at radius 2 is 1.79 bits per heavy atom. The largest absolute Gasteiger partial charge is 0.455 e. The normalized spacial score (nSPS) is 15.5. The van der Waals surface area contributed by atoms with E-state index in [1.807, 2.05) is 0 Å². The Morgan fingerprint density at radius 3 is 2.32 bits per heavy atom. The van der Waals surface area contributed by atoms with E-state index in [-0.39, 0.29) is 10.8 Å². The number of amides is 2. The minimum atomic E-state index is -4.00. The molecule has 1 aliphatic heterocycles. The molecule has 0 spiro atoms. The fourth-order valence-electron chi connectivity index (χ4n) is 2.75. The zero-order valence-electron chi connectivity index (χ0n) is 15.3. The van der Waals surface area contributed by atoms with E-state index in [4.69, 9.17) is 10.5 Å². The molecule has 0 aliphatic carbocycles. The molecule has 2 N–H and O–H groups in total. The molecular weight excluding hydrogens is 393 g/mol. The van der Waals surface area contributed by atoms with Crippen LogP contribution in [0, 0.1) is 11.7 Å². The first-order valence-corrected chi connectivity index (χ1v) is 10.00. The van der Waals surface area contributed by atoms with Crippen molar-refractivity contribution in [3.63, 3.8) is 0 Å². The molecule has 11 heteroatoms. The fraction of sp³-hybridized carbons (Fsp3) is 0.471. The van der Waals surface area contributed by atoms with Gasteiger partial charge in [0.05, 0.1) is 4.90 Å². The van der Waals surface area contributed by atoms with E-state index in [2.05, 4.69) is 0 Å². The fourth-order valence-corrected chi connectivity index (χ4v) is 3.86. The van der Waals surface area contributed by atoms with Gasteiger partial charge in [-0.05, 0) is 37.1 Å². The molecule has 1 heterocycles. The van der Waals surface area contributed by atoms with E-state index in [1.54, 1.807) is 0 Å². The number of hydrogen-bond acceptors (Lipinski definition) is 6. The highest BCUT2D eigenvalue weighted by Crippen LogP contribution is 2.17. The average Bonchev–Trinajstić information content (AvgIpc) is 2.66. The maximum absolute atomic E-state index is 12.9. The Balaban J connectivity index is 1.82. The van der Waals surface area contributed by atoms with Crippen molar-refractivity contribution in [1.29, 1.82) is 0 Å². The molecule has 0 saturated carbocycles. The molecule has 0 unspecified atom stereocenters. The monoisotopic (exact) mass is 415 g/mol. The summed E-state index contributed by atoms with van der Waals surface area (Å²) in [6.07, 6.45) is 0.904. The van der Waals surface area contributed by atoms with Crippen molar-refractivity contribution in [3.8, 4) is 0 Å². The molecule has 2 rings (SSSR count). The quantitative estimate of drug-likeness (QED) is 0.610. The second-order valence-corrected chi connectivity index (χ2v) is 8.48. The van der Waals surface area contributed by atoms with Crippen LogP contribution in [0.3, 0.4) is 0 Å². The molecule has 28 heavy (non-hydrogen) atoms. The van der Waals surface area contributed by atoms with Gasteiger partial charge in [0.25, 0.3) is 5.91 Å². The average molecular weight is 415 g/mol. The number of hydrogen-bond donors (Lipinski definition) is 1. The highest BCUT2D eigenvalue weighted by Gasteiger charge is 2.27. The van der Waals surface area contributed by atoms with Gasteiger partial charge in [-0.3, -0.25) is 14.4 Å². The van der Waals surface area contributed by atoms with E-state index >= 15 is 0 Å². The van der Waals surface area contributed by atoms with Crippen LogP contribution in [-0.4, -0.2) is 68.7 Å². The number of rotatable bonds is 7. The molecule has 1 aromatic rings. The van der Waals surface area contributed by atoms with Gasteiger partial charge in [0.15, 0.2) is 6.61 Å². The number of sulfonamides is 1. The number of likely N-dealkylation sites (tertiary alicyclic amines) is 1. The van der Waals surface area contributed by atoms with Crippen LogP contribution in [0.5, 0.6) is 0 Å². The molecule has 1 saturated heterocycles. The summed E-state index contributed by atoms with van der Waals surface area (Å²) in [5, 5.41) is 0. The predicted octanol–water partition coefficient (Wildman–Crippen LogP) is -0.287. The molecule has 1 aromatic carbocycles. The molecule has 1 aliphatic rings. The van der Waals surface area contributed by atoms with Gasteiger partial charge in [-0.25, -0.2) is 12.8 Å². The van der Waals surface area contributed by atoms with Crippen LogP contribution >= 0.6 is 0 Å². The second-order valence-electron chi connectivity index (χ2n) is 6.43. The van der Waals surface area contributed by atoms with Gasteiger partial charge in [-0.1, -0.05) is 0 Å². The Bertz CT molecular complexity index is 835. The number of ether oxygens (including phenoxy) is 1. The number of halogens is 1. The Labute approximate surface area is 162 Å². The van der Waals surface area contributed by atoms with E-state index in [9.17, 15) is 27.2 Å². The third kappa shape index (κ3) is 5.49. The van der Waals surface area contributed by atoms with E-state index in [0.29, 0.717) is 25.9 Å². The van der Waals surface area contributed by atoms with Crippen molar-refractivity contribution in [2.75, 3.05) is 33.3 Å². The number of carbonyl (C=O) groups excluding carboxylic acids is 3. The van der Waals surface area contributed by atoms with Crippen LogP contribution in [0.1, 0.15) is 12.8 Å². The standard InChI is InChI=1S/C17H22FN3O6S/c1-20(28(25,26)14-4-2-13(18)3-5-14)10-16(23)27-11-15(22)21-8-6-12(7-9-21)17(19)24/h2-5,12H,6-11H2,1H3,(H2,19,24). The van der Waals surface area contributed by atoms with Crippen molar-refractivity contribution >= 4 is 27.8 Å². The van der Waals surface area contributed by atoms with Crippen molar-refractivity contribution in [2.45, 2.75) is 17.7 Å². The number of nitrogens with zero attached hydrogens (tertiary/aromatic N) is 2. The SMILES string of the molecule is CN(CC(=O)OCC(=O)N1CCC(C(N)=O)CC1)S(=O)(=O)c1ccc(F)cc1. The van der Waals surface area contributed by atoms with Crippen molar-refractivity contribution in [3.05, 3.63) is 30.1 Å². The molecule has 0 aromatic heterocycles. The molecule has 0 radical (unpaired) electrons. The van der Waals surface area contributed by atoms with Gasteiger partial charge < -0.3 is 15.4 Å². The zero-order valence-corrected chi connectivity index (χ0v) is 16.2. The molecule has 0 atom stereocenters.